The van der Waals surface area contributed by atoms with Crippen molar-refractivity contribution >= 4 is 29.1 Å². The standard InChI is InChI=1S/C21H19ClN4O2/c1-2-11-23-21(28)17-8-4-6-10-19(17)25-20(27)16-12-24-26(14-16)13-15-7-3-5-9-18(15)22/h2-10,12,14H,1,11,13H2,(H,23,28)(H,25,27). The van der Waals surface area contributed by atoms with Gasteiger partial charge in [-0.2, -0.15) is 5.10 Å². The second kappa shape index (κ2) is 9.01. The van der Waals surface area contributed by atoms with E-state index in [2.05, 4.69) is 22.3 Å². The third kappa shape index (κ3) is 4.66. The van der Waals surface area contributed by atoms with Crippen LogP contribution in [0, 0.1) is 0 Å². The lowest BCUT2D eigenvalue weighted by molar-refractivity contribution is 0.0959. The topological polar surface area (TPSA) is 76.0 Å². The molecule has 0 fully saturated rings. The van der Waals surface area contributed by atoms with Gasteiger partial charge in [-0.1, -0.05) is 48.0 Å². The zero-order valence-electron chi connectivity index (χ0n) is 15.1. The van der Waals surface area contributed by atoms with Crippen LogP contribution in [0.4, 0.5) is 5.69 Å². The van der Waals surface area contributed by atoms with E-state index in [4.69, 9.17) is 11.6 Å². The number of halogens is 1. The van der Waals surface area contributed by atoms with Crippen LogP contribution in [-0.2, 0) is 6.54 Å². The van der Waals surface area contributed by atoms with Gasteiger partial charge in [-0.15, -0.1) is 6.58 Å². The Hall–Kier alpha value is -3.38. The summed E-state index contributed by atoms with van der Waals surface area (Å²) in [6, 6.07) is 14.3. The van der Waals surface area contributed by atoms with Crippen LogP contribution in [0.5, 0.6) is 0 Å². The lowest BCUT2D eigenvalue weighted by Crippen LogP contribution is -2.25. The number of aromatic nitrogens is 2. The van der Waals surface area contributed by atoms with E-state index in [1.54, 1.807) is 41.2 Å². The Labute approximate surface area is 167 Å². The number of hydrogen-bond acceptors (Lipinski definition) is 3. The van der Waals surface area contributed by atoms with Crippen molar-refractivity contribution in [2.75, 3.05) is 11.9 Å². The van der Waals surface area contributed by atoms with Gasteiger partial charge in [0.1, 0.15) is 0 Å². The van der Waals surface area contributed by atoms with E-state index in [1.165, 1.54) is 6.20 Å². The number of benzene rings is 2. The van der Waals surface area contributed by atoms with Gasteiger partial charge in [0, 0.05) is 17.8 Å². The summed E-state index contributed by atoms with van der Waals surface area (Å²) in [4.78, 5) is 24.8. The molecule has 2 aromatic carbocycles. The minimum atomic E-state index is -0.352. The smallest absolute Gasteiger partial charge is 0.258 e. The molecule has 0 unspecified atom stereocenters. The van der Waals surface area contributed by atoms with Crippen molar-refractivity contribution in [1.82, 2.24) is 15.1 Å². The summed E-state index contributed by atoms with van der Waals surface area (Å²) in [5.41, 5.74) is 2.09. The van der Waals surface area contributed by atoms with E-state index in [0.29, 0.717) is 34.9 Å². The maximum atomic E-state index is 12.6. The highest BCUT2D eigenvalue weighted by atomic mass is 35.5. The second-order valence-corrected chi connectivity index (χ2v) is 6.42. The van der Waals surface area contributed by atoms with Crippen LogP contribution in [0.3, 0.4) is 0 Å². The first-order valence-electron chi connectivity index (χ1n) is 8.64. The summed E-state index contributed by atoms with van der Waals surface area (Å²) < 4.78 is 1.64. The van der Waals surface area contributed by atoms with Gasteiger partial charge in [-0.05, 0) is 23.8 Å². The number of amides is 2. The molecule has 2 amide bonds. The molecule has 3 aromatic rings. The molecule has 6 nitrogen and oxygen atoms in total. The largest absolute Gasteiger partial charge is 0.349 e. The van der Waals surface area contributed by atoms with Gasteiger partial charge in [0.25, 0.3) is 11.8 Å². The number of anilines is 1. The fraction of sp³-hybridized carbons (Fsp3) is 0.0952. The highest BCUT2D eigenvalue weighted by Gasteiger charge is 2.15. The van der Waals surface area contributed by atoms with E-state index in [9.17, 15) is 9.59 Å². The normalized spacial score (nSPS) is 10.3. The number of hydrogen-bond donors (Lipinski definition) is 2. The molecule has 0 aliphatic heterocycles. The second-order valence-electron chi connectivity index (χ2n) is 6.02. The highest BCUT2D eigenvalue weighted by molar-refractivity contribution is 6.31. The van der Waals surface area contributed by atoms with Crippen LogP contribution >= 0.6 is 11.6 Å². The average molecular weight is 395 g/mol. The summed E-state index contributed by atoms with van der Waals surface area (Å²) in [6.07, 6.45) is 4.71. The summed E-state index contributed by atoms with van der Waals surface area (Å²) in [6.45, 7) is 4.37. The highest BCUT2D eigenvalue weighted by Crippen LogP contribution is 2.18. The number of carbonyl (C=O) groups excluding carboxylic acids is 2. The van der Waals surface area contributed by atoms with E-state index in [1.807, 2.05) is 24.3 Å². The van der Waals surface area contributed by atoms with Crippen LogP contribution in [0.25, 0.3) is 0 Å². The molecule has 0 radical (unpaired) electrons. The molecular weight excluding hydrogens is 376 g/mol. The molecule has 1 heterocycles. The summed E-state index contributed by atoms with van der Waals surface area (Å²) >= 11 is 6.17. The van der Waals surface area contributed by atoms with Gasteiger partial charge < -0.3 is 10.6 Å². The quantitative estimate of drug-likeness (QED) is 0.599. The van der Waals surface area contributed by atoms with Crippen molar-refractivity contribution in [2.45, 2.75) is 6.54 Å². The first-order chi connectivity index (χ1) is 13.6. The fourth-order valence-corrected chi connectivity index (χ4v) is 2.81. The van der Waals surface area contributed by atoms with Gasteiger partial charge in [-0.3, -0.25) is 14.3 Å². The van der Waals surface area contributed by atoms with E-state index >= 15 is 0 Å². The lowest BCUT2D eigenvalue weighted by Gasteiger charge is -2.10. The first kappa shape index (κ1) is 19.4. The molecule has 2 N–H and O–H groups in total. The van der Waals surface area contributed by atoms with Gasteiger partial charge in [0.15, 0.2) is 0 Å². The van der Waals surface area contributed by atoms with Crippen molar-refractivity contribution < 1.29 is 9.59 Å². The summed E-state index contributed by atoms with van der Waals surface area (Å²) in [5.74, 6) is -0.639. The molecule has 0 spiro atoms. The Morgan fingerprint density at radius 3 is 2.64 bits per heavy atom. The van der Waals surface area contributed by atoms with Gasteiger partial charge >= 0.3 is 0 Å². The van der Waals surface area contributed by atoms with E-state index < -0.39 is 0 Å². The van der Waals surface area contributed by atoms with Crippen LogP contribution in [-0.4, -0.2) is 28.1 Å². The van der Waals surface area contributed by atoms with Crippen molar-refractivity contribution in [3.8, 4) is 0 Å². The minimum absolute atomic E-state index is 0.287. The summed E-state index contributed by atoms with van der Waals surface area (Å²) in [7, 11) is 0. The number of para-hydroxylation sites is 1. The van der Waals surface area contributed by atoms with E-state index in [-0.39, 0.29) is 11.8 Å². The van der Waals surface area contributed by atoms with Gasteiger partial charge in [0.05, 0.1) is 29.6 Å². The molecule has 3 rings (SSSR count). The molecule has 7 heteroatoms. The molecule has 142 valence electrons. The molecule has 0 bridgehead atoms. The third-order valence-electron chi connectivity index (χ3n) is 4.01. The fourth-order valence-electron chi connectivity index (χ4n) is 2.61. The molecule has 0 saturated carbocycles. The minimum Gasteiger partial charge on any atom is -0.349 e. The molecule has 28 heavy (non-hydrogen) atoms. The Morgan fingerprint density at radius 2 is 1.86 bits per heavy atom. The Kier molecular flexibility index (Phi) is 6.24. The van der Waals surface area contributed by atoms with Crippen LogP contribution in [0.1, 0.15) is 26.3 Å². The van der Waals surface area contributed by atoms with Crippen molar-refractivity contribution in [3.63, 3.8) is 0 Å². The van der Waals surface area contributed by atoms with Crippen LogP contribution in [0.15, 0.2) is 73.6 Å². The predicted molar refractivity (Wildman–Crippen MR) is 110 cm³/mol. The van der Waals surface area contributed by atoms with Crippen molar-refractivity contribution in [2.24, 2.45) is 0 Å². The molecule has 0 atom stereocenters. The number of nitrogens with zero attached hydrogens (tertiary/aromatic N) is 2. The molecule has 0 saturated heterocycles. The SMILES string of the molecule is C=CCNC(=O)c1ccccc1NC(=O)c1cnn(Cc2ccccc2Cl)c1. The monoisotopic (exact) mass is 394 g/mol. The molecule has 0 aliphatic carbocycles. The number of rotatable bonds is 7. The Bertz CT molecular complexity index is 1010. The number of carbonyl (C=O) groups is 2. The zero-order chi connectivity index (χ0) is 19.9. The lowest BCUT2D eigenvalue weighted by atomic mass is 10.1. The molecule has 1 aromatic heterocycles. The maximum absolute atomic E-state index is 12.6. The van der Waals surface area contributed by atoms with E-state index in [0.717, 1.165) is 5.56 Å². The predicted octanol–water partition coefficient (Wildman–Crippen LogP) is 3.75. The average Bonchev–Trinajstić information content (AvgIpc) is 3.17. The zero-order valence-corrected chi connectivity index (χ0v) is 15.8. The van der Waals surface area contributed by atoms with Crippen LogP contribution in [0.2, 0.25) is 5.02 Å². The van der Waals surface area contributed by atoms with Crippen molar-refractivity contribution in [1.29, 1.82) is 0 Å². The van der Waals surface area contributed by atoms with Crippen LogP contribution < -0.4 is 10.6 Å². The summed E-state index contributed by atoms with van der Waals surface area (Å²) in [5, 5.41) is 10.3. The maximum Gasteiger partial charge on any atom is 0.258 e. The molecular formula is C21H19ClN4O2. The molecule has 0 aliphatic rings. The first-order valence-corrected chi connectivity index (χ1v) is 9.01. The number of nitrogens with one attached hydrogen (secondary N) is 2. The third-order valence-corrected chi connectivity index (χ3v) is 4.38. The van der Waals surface area contributed by atoms with Crippen molar-refractivity contribution in [3.05, 3.63) is 95.3 Å². The van der Waals surface area contributed by atoms with Gasteiger partial charge in [0.2, 0.25) is 0 Å². The Morgan fingerprint density at radius 1 is 1.11 bits per heavy atom. The van der Waals surface area contributed by atoms with Gasteiger partial charge in [-0.25, -0.2) is 0 Å². The Balaban J connectivity index is 1.72.